The molecule has 0 unspecified atom stereocenters. The number of aliphatic carboxylic acids is 1. The molecule has 0 aliphatic carbocycles. The van der Waals surface area contributed by atoms with Gasteiger partial charge < -0.3 is 14.4 Å². The second kappa shape index (κ2) is 9.37. The number of rotatable bonds is 8. The molecule has 2 aromatic carbocycles. The predicted molar refractivity (Wildman–Crippen MR) is 112 cm³/mol. The van der Waals surface area contributed by atoms with Crippen molar-refractivity contribution in [1.29, 1.82) is 0 Å². The summed E-state index contributed by atoms with van der Waals surface area (Å²) in [5.74, 6) is -0.470. The van der Waals surface area contributed by atoms with Gasteiger partial charge in [0.15, 0.2) is 6.61 Å². The number of nitrogens with zero attached hydrogens (tertiary/aromatic N) is 1. The average molecular weight is 442 g/mol. The molecule has 1 aromatic heterocycles. The number of carboxylic acid groups (broad SMARTS) is 1. The molecule has 3 aromatic rings. The zero-order valence-corrected chi connectivity index (χ0v) is 16.8. The third kappa shape index (κ3) is 5.33. The summed E-state index contributed by atoms with van der Waals surface area (Å²) in [4.78, 5) is 22.8. The summed E-state index contributed by atoms with van der Waals surface area (Å²) in [5, 5.41) is 8.70. The molecule has 0 aliphatic rings. The van der Waals surface area contributed by atoms with Crippen LogP contribution in [0.5, 0.6) is 5.75 Å². The van der Waals surface area contributed by atoms with E-state index in [9.17, 15) is 9.59 Å². The summed E-state index contributed by atoms with van der Waals surface area (Å²) < 4.78 is 7.91. The lowest BCUT2D eigenvalue weighted by Crippen LogP contribution is -2.18. The maximum atomic E-state index is 12.2. The zero-order chi connectivity index (χ0) is 19.9. The molecule has 0 saturated heterocycles. The molecule has 0 amide bonds. The fourth-order valence-electron chi connectivity index (χ4n) is 2.95. The summed E-state index contributed by atoms with van der Waals surface area (Å²) in [6, 6.07) is 18.7. The van der Waals surface area contributed by atoms with Crippen LogP contribution in [0.4, 0.5) is 0 Å². The van der Waals surface area contributed by atoms with Crippen molar-refractivity contribution in [3.05, 3.63) is 87.3 Å². The summed E-state index contributed by atoms with van der Waals surface area (Å²) in [6.07, 6.45) is 3.42. The van der Waals surface area contributed by atoms with Crippen molar-refractivity contribution in [2.24, 2.45) is 0 Å². The third-order valence-corrected chi connectivity index (χ3v) is 4.99. The van der Waals surface area contributed by atoms with Crippen LogP contribution in [0.25, 0.3) is 11.1 Å². The number of benzene rings is 2. The number of hydrogen-bond donors (Lipinski definition) is 1. The van der Waals surface area contributed by atoms with Gasteiger partial charge in [-0.3, -0.25) is 4.79 Å². The minimum Gasteiger partial charge on any atom is -0.482 e. The highest BCUT2D eigenvalue weighted by Gasteiger charge is 2.06. The van der Waals surface area contributed by atoms with E-state index in [1.807, 2.05) is 54.7 Å². The molecule has 28 heavy (non-hydrogen) atoms. The van der Waals surface area contributed by atoms with Crippen LogP contribution in [0.3, 0.4) is 0 Å². The maximum absolute atomic E-state index is 12.2. The van der Waals surface area contributed by atoms with Gasteiger partial charge in [-0.1, -0.05) is 46.3 Å². The predicted octanol–water partition coefficient (Wildman–Crippen LogP) is 4.37. The molecular formula is C22H20BrNO4. The van der Waals surface area contributed by atoms with Crippen LogP contribution in [0.15, 0.2) is 76.1 Å². The van der Waals surface area contributed by atoms with Crippen molar-refractivity contribution in [2.45, 2.75) is 19.4 Å². The van der Waals surface area contributed by atoms with Crippen LogP contribution < -0.4 is 10.3 Å². The largest absolute Gasteiger partial charge is 0.482 e. The molecule has 0 atom stereocenters. The number of halogens is 1. The molecule has 0 radical (unpaired) electrons. The first-order valence-electron chi connectivity index (χ1n) is 8.92. The molecular weight excluding hydrogens is 422 g/mol. The molecule has 3 rings (SSSR count). The molecule has 0 bridgehead atoms. The SMILES string of the molecule is O=C(O)COc1cccc(CCCn2cc(-c3ccccc3Br)ccc2=O)c1. The van der Waals surface area contributed by atoms with Gasteiger partial charge in [-0.05, 0) is 53.8 Å². The number of carboxylic acids is 1. The second-order valence-corrected chi connectivity index (χ2v) is 7.22. The van der Waals surface area contributed by atoms with E-state index in [0.717, 1.165) is 34.0 Å². The first kappa shape index (κ1) is 19.9. The van der Waals surface area contributed by atoms with Crippen LogP contribution >= 0.6 is 15.9 Å². The van der Waals surface area contributed by atoms with Gasteiger partial charge in [0.2, 0.25) is 0 Å². The van der Waals surface area contributed by atoms with Crippen LogP contribution in [0, 0.1) is 0 Å². The fourth-order valence-corrected chi connectivity index (χ4v) is 3.46. The van der Waals surface area contributed by atoms with Gasteiger partial charge in [0, 0.05) is 23.3 Å². The Morgan fingerprint density at radius 2 is 1.89 bits per heavy atom. The lowest BCUT2D eigenvalue weighted by Gasteiger charge is -2.10. The van der Waals surface area contributed by atoms with Gasteiger partial charge in [0.05, 0.1) is 0 Å². The summed E-state index contributed by atoms with van der Waals surface area (Å²) >= 11 is 3.55. The summed E-state index contributed by atoms with van der Waals surface area (Å²) in [7, 11) is 0. The normalized spacial score (nSPS) is 10.6. The Morgan fingerprint density at radius 1 is 1.07 bits per heavy atom. The lowest BCUT2D eigenvalue weighted by molar-refractivity contribution is -0.139. The van der Waals surface area contributed by atoms with Gasteiger partial charge in [0.25, 0.3) is 5.56 Å². The van der Waals surface area contributed by atoms with E-state index in [2.05, 4.69) is 15.9 Å². The quantitative estimate of drug-likeness (QED) is 0.563. The van der Waals surface area contributed by atoms with Crippen LogP contribution in [-0.4, -0.2) is 22.2 Å². The molecule has 6 heteroatoms. The third-order valence-electron chi connectivity index (χ3n) is 4.29. The molecule has 5 nitrogen and oxygen atoms in total. The number of aryl methyl sites for hydroxylation is 2. The minimum absolute atomic E-state index is 0.0330. The Hall–Kier alpha value is -2.86. The molecule has 144 valence electrons. The lowest BCUT2D eigenvalue weighted by atomic mass is 10.1. The van der Waals surface area contributed by atoms with Crippen molar-refractivity contribution in [3.8, 4) is 16.9 Å². The van der Waals surface area contributed by atoms with Crippen molar-refractivity contribution in [3.63, 3.8) is 0 Å². The van der Waals surface area contributed by atoms with Crippen LogP contribution in [0.2, 0.25) is 0 Å². The second-order valence-electron chi connectivity index (χ2n) is 6.36. The van der Waals surface area contributed by atoms with E-state index in [0.29, 0.717) is 12.3 Å². The van der Waals surface area contributed by atoms with Crippen molar-refractivity contribution >= 4 is 21.9 Å². The highest BCUT2D eigenvalue weighted by molar-refractivity contribution is 9.10. The maximum Gasteiger partial charge on any atom is 0.341 e. The van der Waals surface area contributed by atoms with Gasteiger partial charge in [-0.25, -0.2) is 4.79 Å². The molecule has 0 fully saturated rings. The Balaban J connectivity index is 1.66. The minimum atomic E-state index is -1.00. The standard InChI is InChI=1S/C22H20BrNO4/c23-20-9-2-1-8-19(20)17-10-11-21(25)24(14-17)12-4-6-16-5-3-7-18(13-16)28-15-22(26)27/h1-3,5,7-11,13-14H,4,6,12,15H2,(H,26,27). The topological polar surface area (TPSA) is 68.5 Å². The summed E-state index contributed by atoms with van der Waals surface area (Å²) in [6.45, 7) is 0.234. The number of hydrogen-bond acceptors (Lipinski definition) is 3. The first-order valence-corrected chi connectivity index (χ1v) is 9.71. The molecule has 1 N–H and O–H groups in total. The Morgan fingerprint density at radius 3 is 2.68 bits per heavy atom. The number of aromatic nitrogens is 1. The Kier molecular flexibility index (Phi) is 6.66. The fraction of sp³-hybridized carbons (Fsp3) is 0.182. The van der Waals surface area contributed by atoms with Gasteiger partial charge in [-0.2, -0.15) is 0 Å². The van der Waals surface area contributed by atoms with Crippen LogP contribution in [-0.2, 0) is 17.8 Å². The number of ether oxygens (including phenoxy) is 1. The molecule has 0 saturated carbocycles. The van der Waals surface area contributed by atoms with E-state index in [1.54, 1.807) is 16.7 Å². The van der Waals surface area contributed by atoms with E-state index < -0.39 is 5.97 Å². The summed E-state index contributed by atoms with van der Waals surface area (Å²) in [5.41, 5.74) is 3.03. The van der Waals surface area contributed by atoms with E-state index in [-0.39, 0.29) is 12.2 Å². The van der Waals surface area contributed by atoms with E-state index in [1.165, 1.54) is 0 Å². The Labute approximate surface area is 171 Å². The van der Waals surface area contributed by atoms with E-state index in [4.69, 9.17) is 9.84 Å². The van der Waals surface area contributed by atoms with Gasteiger partial charge >= 0.3 is 5.97 Å². The monoisotopic (exact) mass is 441 g/mol. The van der Waals surface area contributed by atoms with E-state index >= 15 is 0 Å². The number of carbonyl (C=O) groups is 1. The average Bonchev–Trinajstić information content (AvgIpc) is 2.69. The molecule has 1 heterocycles. The first-order chi connectivity index (χ1) is 13.5. The molecule has 0 aliphatic heterocycles. The molecule has 0 spiro atoms. The van der Waals surface area contributed by atoms with Crippen molar-refractivity contribution in [2.75, 3.05) is 6.61 Å². The Bertz CT molecular complexity index is 1030. The van der Waals surface area contributed by atoms with Gasteiger partial charge in [0.1, 0.15) is 5.75 Å². The van der Waals surface area contributed by atoms with Gasteiger partial charge in [-0.15, -0.1) is 0 Å². The highest BCUT2D eigenvalue weighted by Crippen LogP contribution is 2.27. The van der Waals surface area contributed by atoms with Crippen molar-refractivity contribution < 1.29 is 14.6 Å². The number of pyridine rings is 1. The smallest absolute Gasteiger partial charge is 0.341 e. The van der Waals surface area contributed by atoms with Crippen molar-refractivity contribution in [1.82, 2.24) is 4.57 Å². The zero-order valence-electron chi connectivity index (χ0n) is 15.2. The van der Waals surface area contributed by atoms with Crippen LogP contribution in [0.1, 0.15) is 12.0 Å². The highest BCUT2D eigenvalue weighted by atomic mass is 79.9.